The molecule has 8 heteroatoms. The Kier molecular flexibility index (Phi) is 7.36. The van der Waals surface area contributed by atoms with Crippen LogP contribution < -0.4 is 10.1 Å². The molecule has 0 radical (unpaired) electrons. The number of pyridine rings is 1. The third-order valence-electron chi connectivity index (χ3n) is 5.00. The molecule has 0 bridgehead atoms. The highest BCUT2D eigenvalue weighted by Gasteiger charge is 2.31. The van der Waals surface area contributed by atoms with Crippen LogP contribution in [0.2, 0.25) is 0 Å². The summed E-state index contributed by atoms with van der Waals surface area (Å²) in [5.41, 5.74) is 4.57. The van der Waals surface area contributed by atoms with Gasteiger partial charge in [0, 0.05) is 11.8 Å². The molecule has 1 unspecified atom stereocenters. The van der Waals surface area contributed by atoms with Crippen LogP contribution in [0.4, 0.5) is 4.79 Å². The van der Waals surface area contributed by atoms with E-state index in [-0.39, 0.29) is 16.4 Å². The van der Waals surface area contributed by atoms with Gasteiger partial charge in [0.2, 0.25) is 5.91 Å². The van der Waals surface area contributed by atoms with E-state index in [1.165, 1.54) is 0 Å². The second kappa shape index (κ2) is 10.8. The lowest BCUT2D eigenvalue weighted by atomic mass is 10.1. The second-order valence-electron chi connectivity index (χ2n) is 7.39. The molecule has 7 nitrogen and oxygen atoms in total. The number of ether oxygens (including phenoxy) is 1. The highest BCUT2D eigenvalue weighted by molar-refractivity contribution is 8.15. The number of hydrogen-bond acceptors (Lipinski definition) is 7. The van der Waals surface area contributed by atoms with Crippen molar-refractivity contribution in [2.24, 2.45) is 5.16 Å². The molecule has 168 valence electrons. The first-order valence-corrected chi connectivity index (χ1v) is 11.4. The maximum atomic E-state index is 11.7. The quantitative estimate of drug-likeness (QED) is 0.287. The van der Waals surface area contributed by atoms with Crippen molar-refractivity contribution in [2.75, 3.05) is 13.2 Å². The molecular weight excluding hydrogens is 438 g/mol. The summed E-state index contributed by atoms with van der Waals surface area (Å²) in [4.78, 5) is 32.8. The minimum Gasteiger partial charge on any atom is -0.490 e. The number of rotatable bonds is 9. The van der Waals surface area contributed by atoms with Crippen LogP contribution in [0.15, 0.2) is 78.1 Å². The molecule has 0 aliphatic carbocycles. The average Bonchev–Trinajstić information content (AvgIpc) is 3.16. The summed E-state index contributed by atoms with van der Waals surface area (Å²) in [6.07, 6.45) is 2.33. The predicted octanol–water partition coefficient (Wildman–Crippen LogP) is 4.46. The van der Waals surface area contributed by atoms with E-state index < -0.39 is 0 Å². The van der Waals surface area contributed by atoms with Crippen molar-refractivity contribution in [3.8, 4) is 16.9 Å². The van der Waals surface area contributed by atoms with E-state index in [1.54, 1.807) is 0 Å². The predicted molar refractivity (Wildman–Crippen MR) is 128 cm³/mol. The van der Waals surface area contributed by atoms with E-state index >= 15 is 0 Å². The van der Waals surface area contributed by atoms with Crippen LogP contribution in [-0.4, -0.2) is 40.3 Å². The number of hydrogen-bond donors (Lipinski definition) is 1. The van der Waals surface area contributed by atoms with Crippen molar-refractivity contribution in [3.63, 3.8) is 0 Å². The molecule has 1 aliphatic rings. The number of benzene rings is 2. The monoisotopic (exact) mass is 461 g/mol. The van der Waals surface area contributed by atoms with Gasteiger partial charge in [0.25, 0.3) is 5.24 Å². The summed E-state index contributed by atoms with van der Waals surface area (Å²) in [7, 11) is 0. The van der Waals surface area contributed by atoms with Gasteiger partial charge in [0.05, 0.1) is 10.9 Å². The Hall–Kier alpha value is -3.65. The fourth-order valence-electron chi connectivity index (χ4n) is 3.26. The molecule has 2 aromatic carbocycles. The van der Waals surface area contributed by atoms with E-state index in [4.69, 9.17) is 9.57 Å². The van der Waals surface area contributed by atoms with Gasteiger partial charge in [0.1, 0.15) is 18.1 Å². The van der Waals surface area contributed by atoms with Gasteiger partial charge < -0.3 is 9.57 Å². The van der Waals surface area contributed by atoms with E-state index in [0.29, 0.717) is 31.1 Å². The Morgan fingerprint density at radius 1 is 1.00 bits per heavy atom. The fraction of sp³-hybridized carbons (Fsp3) is 0.200. The van der Waals surface area contributed by atoms with Crippen molar-refractivity contribution in [3.05, 3.63) is 84.2 Å². The van der Waals surface area contributed by atoms with Gasteiger partial charge in [0.15, 0.2) is 6.61 Å². The molecule has 0 spiro atoms. The topological polar surface area (TPSA) is 89.9 Å². The zero-order valence-corrected chi connectivity index (χ0v) is 18.9. The fourth-order valence-corrected chi connectivity index (χ4v) is 4.12. The number of carbonyl (C=O) groups is 2. The van der Waals surface area contributed by atoms with Crippen LogP contribution in [0.5, 0.6) is 5.75 Å². The van der Waals surface area contributed by atoms with E-state index in [1.807, 2.05) is 79.9 Å². The van der Waals surface area contributed by atoms with Gasteiger partial charge in [-0.25, -0.2) is 0 Å². The third kappa shape index (κ3) is 6.20. The zero-order chi connectivity index (χ0) is 23.0. The van der Waals surface area contributed by atoms with Gasteiger partial charge >= 0.3 is 0 Å². The molecule has 1 fully saturated rings. The number of imide groups is 1. The first kappa shape index (κ1) is 22.5. The molecule has 1 saturated heterocycles. The zero-order valence-electron chi connectivity index (χ0n) is 18.1. The molecule has 3 aromatic rings. The van der Waals surface area contributed by atoms with E-state index in [9.17, 15) is 9.59 Å². The van der Waals surface area contributed by atoms with Gasteiger partial charge in [-0.05, 0) is 42.7 Å². The largest absolute Gasteiger partial charge is 0.490 e. The minimum atomic E-state index is -0.372. The summed E-state index contributed by atoms with van der Waals surface area (Å²) < 4.78 is 5.67. The van der Waals surface area contributed by atoms with Crippen molar-refractivity contribution in [1.82, 2.24) is 10.3 Å². The SMILES string of the molecule is C/C(=N\OCCOc1ccc(CC2SC(=O)NC2=O)cc1)c1ccc(-c2ccccc2)cn1. The Labute approximate surface area is 196 Å². The highest BCUT2D eigenvalue weighted by atomic mass is 32.2. The number of oxime groups is 1. The molecule has 1 N–H and O–H groups in total. The average molecular weight is 462 g/mol. The van der Waals surface area contributed by atoms with Gasteiger partial charge in [-0.2, -0.15) is 0 Å². The molecule has 1 aromatic heterocycles. The number of carbonyl (C=O) groups excluding carboxylic acids is 2. The van der Waals surface area contributed by atoms with Crippen molar-refractivity contribution in [1.29, 1.82) is 0 Å². The van der Waals surface area contributed by atoms with Crippen molar-refractivity contribution < 1.29 is 19.2 Å². The third-order valence-corrected chi connectivity index (χ3v) is 5.98. The standard InChI is InChI=1S/C25H23N3O4S/c1-17(22-12-9-20(16-26-22)19-5-3-2-4-6-19)28-32-14-13-31-21-10-7-18(8-11-21)15-23-24(29)27-25(30)33-23/h2-12,16,23H,13-15H2,1H3,(H,27,29,30)/b28-17+. The maximum Gasteiger partial charge on any atom is 0.286 e. The maximum absolute atomic E-state index is 11.7. The molecule has 0 saturated carbocycles. The molecule has 1 atom stereocenters. The van der Waals surface area contributed by atoms with Gasteiger partial charge in [-0.1, -0.05) is 65.4 Å². The lowest BCUT2D eigenvalue weighted by Crippen LogP contribution is -2.25. The van der Waals surface area contributed by atoms with Gasteiger partial charge in [-0.15, -0.1) is 0 Å². The number of amides is 2. The van der Waals surface area contributed by atoms with E-state index in [2.05, 4.69) is 15.5 Å². The summed E-state index contributed by atoms with van der Waals surface area (Å²) in [6, 6.07) is 21.5. The highest BCUT2D eigenvalue weighted by Crippen LogP contribution is 2.24. The lowest BCUT2D eigenvalue weighted by Gasteiger charge is -2.08. The van der Waals surface area contributed by atoms with Crippen LogP contribution in [0, 0.1) is 0 Å². The van der Waals surface area contributed by atoms with Crippen LogP contribution >= 0.6 is 11.8 Å². The van der Waals surface area contributed by atoms with Crippen LogP contribution in [0.25, 0.3) is 11.1 Å². The Morgan fingerprint density at radius 3 is 2.45 bits per heavy atom. The Bertz CT molecular complexity index is 1130. The number of nitrogens with one attached hydrogen (secondary N) is 1. The lowest BCUT2D eigenvalue weighted by molar-refractivity contribution is -0.118. The Morgan fingerprint density at radius 2 is 1.79 bits per heavy atom. The summed E-state index contributed by atoms with van der Waals surface area (Å²) in [5.74, 6) is 0.460. The first-order chi connectivity index (χ1) is 16.1. The summed E-state index contributed by atoms with van der Waals surface area (Å²) >= 11 is 1.03. The minimum absolute atomic E-state index is 0.235. The molecule has 2 heterocycles. The smallest absolute Gasteiger partial charge is 0.286 e. The summed E-state index contributed by atoms with van der Waals surface area (Å²) in [5, 5.41) is 5.76. The number of nitrogens with zero attached hydrogens (tertiary/aromatic N) is 2. The van der Waals surface area contributed by atoms with E-state index in [0.717, 1.165) is 34.1 Å². The number of aromatic nitrogens is 1. The molecule has 33 heavy (non-hydrogen) atoms. The molecule has 2 amide bonds. The van der Waals surface area contributed by atoms with Crippen LogP contribution in [0.3, 0.4) is 0 Å². The second-order valence-corrected chi connectivity index (χ2v) is 8.56. The van der Waals surface area contributed by atoms with Crippen LogP contribution in [0.1, 0.15) is 18.2 Å². The molecule has 4 rings (SSSR count). The van der Waals surface area contributed by atoms with Crippen molar-refractivity contribution >= 4 is 28.6 Å². The Balaban J connectivity index is 1.20. The normalized spacial score (nSPS) is 15.9. The molecular formula is C25H23N3O4S. The first-order valence-electron chi connectivity index (χ1n) is 10.5. The van der Waals surface area contributed by atoms with Crippen molar-refractivity contribution in [2.45, 2.75) is 18.6 Å². The van der Waals surface area contributed by atoms with Crippen LogP contribution in [-0.2, 0) is 16.1 Å². The molecule has 1 aliphatic heterocycles. The number of thioether (sulfide) groups is 1. The summed E-state index contributed by atoms with van der Waals surface area (Å²) in [6.45, 7) is 2.48. The van der Waals surface area contributed by atoms with Gasteiger partial charge in [-0.3, -0.25) is 19.9 Å².